The molecular formula is C8H18Ti. The fourth-order valence-corrected chi connectivity index (χ4v) is 2.97. The van der Waals surface area contributed by atoms with Gasteiger partial charge in [-0.1, -0.05) is 0 Å². The Morgan fingerprint density at radius 2 is 1.33 bits per heavy atom. The molecule has 1 heteroatoms. The third-order valence-corrected chi connectivity index (χ3v) is 4.85. The molecule has 0 nitrogen and oxygen atoms in total. The minimum absolute atomic E-state index is 0.375. The van der Waals surface area contributed by atoms with Gasteiger partial charge < -0.3 is 0 Å². The van der Waals surface area contributed by atoms with E-state index in [1.165, 1.54) is 12.8 Å². The zero-order chi connectivity index (χ0) is 7.28. The zero-order valence-corrected chi connectivity index (χ0v) is 8.63. The summed E-state index contributed by atoms with van der Waals surface area (Å²) in [6.45, 7) is 9.39. The van der Waals surface area contributed by atoms with Gasteiger partial charge in [0.05, 0.1) is 0 Å². The van der Waals surface area contributed by atoms with Crippen molar-refractivity contribution in [2.45, 2.75) is 49.0 Å². The first-order chi connectivity index (χ1) is 4.20. The first kappa shape index (κ1) is 9.71. The van der Waals surface area contributed by atoms with Crippen LogP contribution in [0.5, 0.6) is 0 Å². The number of rotatable bonds is 4. The molecule has 0 saturated carbocycles. The fraction of sp³-hybridized carbons (Fsp3) is 1.00. The number of hydrogen-bond acceptors (Lipinski definition) is 0. The van der Waals surface area contributed by atoms with Crippen molar-refractivity contribution in [1.29, 1.82) is 0 Å². The molecule has 0 saturated heterocycles. The van der Waals surface area contributed by atoms with E-state index in [9.17, 15) is 0 Å². The Balaban J connectivity index is 3.22. The molecular weight excluding hydrogens is 144 g/mol. The van der Waals surface area contributed by atoms with Gasteiger partial charge in [-0.25, -0.2) is 0 Å². The summed E-state index contributed by atoms with van der Waals surface area (Å²) < 4.78 is 2.11. The second kappa shape index (κ2) is 5.50. The van der Waals surface area contributed by atoms with Gasteiger partial charge in [-0.2, -0.15) is 0 Å². The first-order valence-corrected chi connectivity index (χ1v) is 5.77. The summed E-state index contributed by atoms with van der Waals surface area (Å²) in [7, 11) is 0. The van der Waals surface area contributed by atoms with Crippen molar-refractivity contribution >= 4 is 0 Å². The molecule has 0 N–H and O–H groups in total. The Morgan fingerprint density at radius 3 is 1.56 bits per heavy atom. The predicted octanol–water partition coefficient (Wildman–Crippen LogP) is 3.51. The molecule has 0 aliphatic heterocycles. The normalized spacial score (nSPS) is 16.9. The average Bonchev–Trinajstić information content (AvgIpc) is 1.87. The maximum atomic E-state index is 2.40. The van der Waals surface area contributed by atoms with Crippen molar-refractivity contribution < 1.29 is 19.2 Å². The van der Waals surface area contributed by atoms with Crippen LogP contribution in [0.15, 0.2) is 0 Å². The van der Waals surface area contributed by atoms with E-state index in [-0.39, 0.29) is 0 Å². The summed E-state index contributed by atoms with van der Waals surface area (Å²) in [6, 6.07) is 0. The van der Waals surface area contributed by atoms with E-state index in [0.29, 0.717) is 19.2 Å². The molecule has 0 radical (unpaired) electrons. The Bertz CT molecular complexity index is 53.6. The summed E-state index contributed by atoms with van der Waals surface area (Å²) in [5, 5.41) is 0. The van der Waals surface area contributed by atoms with Crippen LogP contribution in [0, 0.1) is 0 Å². The molecule has 0 amide bonds. The van der Waals surface area contributed by atoms with Gasteiger partial charge in [0.2, 0.25) is 0 Å². The van der Waals surface area contributed by atoms with Crippen LogP contribution in [-0.2, 0) is 19.2 Å². The van der Waals surface area contributed by atoms with Gasteiger partial charge in [0.1, 0.15) is 0 Å². The molecule has 0 aromatic heterocycles. The maximum absolute atomic E-state index is 2.40. The van der Waals surface area contributed by atoms with Crippen LogP contribution < -0.4 is 0 Å². The summed E-state index contributed by atoms with van der Waals surface area (Å²) in [5.41, 5.74) is 0. The molecule has 2 unspecified atom stereocenters. The van der Waals surface area contributed by atoms with Gasteiger partial charge >= 0.3 is 68.1 Å². The summed E-state index contributed by atoms with van der Waals surface area (Å²) in [5.74, 6) is 0. The molecule has 0 bridgehead atoms. The van der Waals surface area contributed by atoms with Crippen LogP contribution in [0.25, 0.3) is 0 Å². The minimum atomic E-state index is 0.375. The van der Waals surface area contributed by atoms with Gasteiger partial charge in [-0.15, -0.1) is 0 Å². The first-order valence-electron chi connectivity index (χ1n) is 3.96. The van der Waals surface area contributed by atoms with Crippen LogP contribution in [0.4, 0.5) is 0 Å². The van der Waals surface area contributed by atoms with Crippen molar-refractivity contribution in [3.05, 3.63) is 0 Å². The third kappa shape index (κ3) is 5.17. The van der Waals surface area contributed by atoms with E-state index in [0.717, 1.165) is 8.45 Å². The second-order valence-corrected chi connectivity index (χ2v) is 6.38. The van der Waals surface area contributed by atoms with Gasteiger partial charge in [0, 0.05) is 0 Å². The van der Waals surface area contributed by atoms with Crippen LogP contribution in [0.1, 0.15) is 40.5 Å². The SMILES string of the molecule is CC[CH](C)[Ti][CH](C)CC. The molecule has 0 aliphatic rings. The third-order valence-electron chi connectivity index (χ3n) is 1.79. The molecule has 0 fully saturated rings. The molecule has 9 heavy (non-hydrogen) atoms. The predicted molar refractivity (Wildman–Crippen MR) is 39.4 cm³/mol. The second-order valence-electron chi connectivity index (χ2n) is 2.79. The molecule has 2 atom stereocenters. The Hall–Kier alpha value is 0.714. The molecule has 0 heterocycles. The topological polar surface area (TPSA) is 0 Å². The summed E-state index contributed by atoms with van der Waals surface area (Å²) in [4.78, 5) is 0. The Morgan fingerprint density at radius 1 is 1.00 bits per heavy atom. The van der Waals surface area contributed by atoms with Crippen molar-refractivity contribution in [2.75, 3.05) is 0 Å². The molecule has 0 rings (SSSR count). The van der Waals surface area contributed by atoms with Gasteiger partial charge in [0.25, 0.3) is 0 Å². The molecule has 0 aromatic carbocycles. The molecule has 54 valence electrons. The van der Waals surface area contributed by atoms with E-state index >= 15 is 0 Å². The quantitative estimate of drug-likeness (QED) is 0.555. The summed E-state index contributed by atoms with van der Waals surface area (Å²) >= 11 is 0.375. The van der Waals surface area contributed by atoms with Crippen LogP contribution >= 0.6 is 0 Å². The van der Waals surface area contributed by atoms with Crippen molar-refractivity contribution in [3.63, 3.8) is 0 Å². The van der Waals surface area contributed by atoms with Gasteiger partial charge in [-0.05, 0) is 0 Å². The van der Waals surface area contributed by atoms with Crippen molar-refractivity contribution in [2.24, 2.45) is 0 Å². The monoisotopic (exact) mass is 162 g/mol. The standard InChI is InChI=1S/2C4H9.Ti/c2*1-3-4-2;/h2*3H,4H2,1-2H3;. The van der Waals surface area contributed by atoms with E-state index in [2.05, 4.69) is 27.7 Å². The Labute approximate surface area is 68.3 Å². The molecule has 0 aliphatic carbocycles. The fourth-order valence-electron chi connectivity index (χ4n) is 0.721. The molecule has 0 spiro atoms. The van der Waals surface area contributed by atoms with Crippen molar-refractivity contribution in [1.82, 2.24) is 0 Å². The van der Waals surface area contributed by atoms with Gasteiger partial charge in [-0.3, -0.25) is 0 Å². The van der Waals surface area contributed by atoms with E-state index in [4.69, 9.17) is 0 Å². The zero-order valence-electron chi connectivity index (χ0n) is 7.07. The van der Waals surface area contributed by atoms with E-state index in [1.54, 1.807) is 0 Å². The molecule has 0 aromatic rings. The van der Waals surface area contributed by atoms with Gasteiger partial charge in [0.15, 0.2) is 0 Å². The van der Waals surface area contributed by atoms with E-state index < -0.39 is 0 Å². The number of hydrogen-bond donors (Lipinski definition) is 0. The van der Waals surface area contributed by atoms with Crippen LogP contribution in [-0.4, -0.2) is 0 Å². The van der Waals surface area contributed by atoms with E-state index in [1.807, 2.05) is 0 Å². The average molecular weight is 162 g/mol. The van der Waals surface area contributed by atoms with Crippen LogP contribution in [0.2, 0.25) is 8.45 Å². The van der Waals surface area contributed by atoms with Crippen molar-refractivity contribution in [3.8, 4) is 0 Å². The summed E-state index contributed by atoms with van der Waals surface area (Å²) in [6.07, 6.45) is 2.79. The Kier molecular flexibility index (Phi) is 5.93. The van der Waals surface area contributed by atoms with Crippen LogP contribution in [0.3, 0.4) is 0 Å².